The first-order chi connectivity index (χ1) is 22.0. The fourth-order valence-corrected chi connectivity index (χ4v) is 6.70. The lowest BCUT2D eigenvalue weighted by Crippen LogP contribution is -2.57. The van der Waals surface area contributed by atoms with Gasteiger partial charge in [0.15, 0.2) is 0 Å². The van der Waals surface area contributed by atoms with Crippen LogP contribution < -0.4 is 30.8 Å². The largest absolute Gasteiger partial charge is 0.458 e. The third kappa shape index (κ3) is 4.62. The third-order valence-corrected chi connectivity index (χ3v) is 8.96. The molecule has 4 heteroatoms. The molecule has 0 unspecified atom stereocenters. The van der Waals surface area contributed by atoms with Crippen LogP contribution in [0.3, 0.4) is 0 Å². The Labute approximate surface area is 264 Å². The molecular formula is C41H32BNO2. The predicted octanol–water partition coefficient (Wildman–Crippen LogP) is 9.16. The van der Waals surface area contributed by atoms with E-state index in [-0.39, 0.29) is 6.71 Å². The molecule has 6 aromatic rings. The van der Waals surface area contributed by atoms with Crippen LogP contribution in [-0.4, -0.2) is 6.71 Å². The van der Waals surface area contributed by atoms with Crippen molar-refractivity contribution in [3.05, 3.63) is 150 Å². The molecule has 0 N–H and O–H groups in total. The summed E-state index contributed by atoms with van der Waals surface area (Å²) in [6.07, 6.45) is 5.90. The summed E-state index contributed by atoms with van der Waals surface area (Å²) in [4.78, 5) is 2.30. The SMILES string of the molecule is C=C/C=C\c1cc(N(c2cc3c4c(c2)Oc2cc(C)ccc2B4c2ccc(C)cc2O3)c2ccc3ccccc3c2)ccc1C. The van der Waals surface area contributed by atoms with Crippen molar-refractivity contribution in [3.8, 4) is 23.0 Å². The highest BCUT2D eigenvalue weighted by Crippen LogP contribution is 2.43. The second-order valence-electron chi connectivity index (χ2n) is 12.1. The Balaban J connectivity index is 1.37. The van der Waals surface area contributed by atoms with Crippen LogP contribution in [0.15, 0.2) is 128 Å². The second-order valence-corrected chi connectivity index (χ2v) is 12.1. The molecule has 0 saturated heterocycles. The highest BCUT2D eigenvalue weighted by Gasteiger charge is 2.40. The number of fused-ring (bicyclic) bond motifs is 5. The van der Waals surface area contributed by atoms with Crippen molar-refractivity contribution >= 4 is 57.0 Å². The van der Waals surface area contributed by atoms with Gasteiger partial charge in [-0.15, -0.1) is 0 Å². The van der Waals surface area contributed by atoms with Gasteiger partial charge in [0.05, 0.1) is 5.69 Å². The summed E-state index contributed by atoms with van der Waals surface area (Å²) in [6, 6.07) is 39.1. The number of hydrogen-bond acceptors (Lipinski definition) is 3. The normalized spacial score (nSPS) is 12.6. The molecule has 0 radical (unpaired) electrons. The molecular weight excluding hydrogens is 549 g/mol. The average molecular weight is 582 g/mol. The molecule has 6 aromatic carbocycles. The summed E-state index contributed by atoms with van der Waals surface area (Å²) in [5.41, 5.74) is 11.1. The first kappa shape index (κ1) is 27.1. The van der Waals surface area contributed by atoms with Gasteiger partial charge < -0.3 is 14.4 Å². The quantitative estimate of drug-likeness (QED) is 0.149. The van der Waals surface area contributed by atoms with Crippen LogP contribution in [0, 0.1) is 20.8 Å². The van der Waals surface area contributed by atoms with Gasteiger partial charge in [0.2, 0.25) is 0 Å². The molecule has 0 fully saturated rings. The number of aryl methyl sites for hydroxylation is 3. The zero-order valence-electron chi connectivity index (χ0n) is 25.7. The van der Waals surface area contributed by atoms with E-state index < -0.39 is 0 Å². The van der Waals surface area contributed by atoms with E-state index in [2.05, 4.69) is 148 Å². The first-order valence-corrected chi connectivity index (χ1v) is 15.4. The number of hydrogen-bond donors (Lipinski definition) is 0. The smallest absolute Gasteiger partial charge is 0.260 e. The van der Waals surface area contributed by atoms with Crippen LogP contribution in [0.1, 0.15) is 22.3 Å². The van der Waals surface area contributed by atoms with Crippen LogP contribution in [0.4, 0.5) is 17.1 Å². The number of nitrogens with zero attached hydrogens (tertiary/aromatic N) is 1. The van der Waals surface area contributed by atoms with Crippen molar-refractivity contribution in [2.45, 2.75) is 20.8 Å². The zero-order valence-corrected chi connectivity index (χ0v) is 25.7. The Morgan fingerprint density at radius 3 is 1.89 bits per heavy atom. The summed E-state index contributed by atoms with van der Waals surface area (Å²) in [7, 11) is 0. The summed E-state index contributed by atoms with van der Waals surface area (Å²) in [5, 5.41) is 2.38. The number of rotatable bonds is 5. The van der Waals surface area contributed by atoms with Gasteiger partial charge in [-0.1, -0.05) is 85.5 Å². The van der Waals surface area contributed by atoms with Gasteiger partial charge in [-0.2, -0.15) is 0 Å². The molecule has 2 aliphatic rings. The second kappa shape index (κ2) is 10.6. The molecule has 0 atom stereocenters. The predicted molar refractivity (Wildman–Crippen MR) is 190 cm³/mol. The standard InChI is InChI=1S/C41H32BNO2/c1-5-6-9-30-22-32(16-14-28(30)4)43(33-17-15-29-10-7-8-11-31(29)23-33)34-24-39-41-40(25-34)45-38-21-27(3)13-19-36(38)42(41)35-18-12-26(2)20-37(35)44-39/h5-25H,1H2,2-4H3/b9-6-. The molecule has 3 nitrogen and oxygen atoms in total. The monoisotopic (exact) mass is 581 g/mol. The van der Waals surface area contributed by atoms with Gasteiger partial charge in [0.25, 0.3) is 6.71 Å². The minimum Gasteiger partial charge on any atom is -0.458 e. The Morgan fingerprint density at radius 1 is 0.600 bits per heavy atom. The number of benzene rings is 6. The van der Waals surface area contributed by atoms with Crippen LogP contribution in [0.25, 0.3) is 16.8 Å². The van der Waals surface area contributed by atoms with Crippen molar-refractivity contribution in [1.29, 1.82) is 0 Å². The highest BCUT2D eigenvalue weighted by molar-refractivity contribution is 6.98. The van der Waals surface area contributed by atoms with E-state index in [1.54, 1.807) is 0 Å². The Bertz CT molecular complexity index is 2120. The minimum absolute atomic E-state index is 0.0295. The van der Waals surface area contributed by atoms with E-state index in [9.17, 15) is 0 Å². The topological polar surface area (TPSA) is 21.7 Å². The van der Waals surface area contributed by atoms with Gasteiger partial charge in [-0.05, 0) is 101 Å². The van der Waals surface area contributed by atoms with E-state index in [4.69, 9.17) is 9.47 Å². The molecule has 2 aliphatic heterocycles. The van der Waals surface area contributed by atoms with Gasteiger partial charge in [0.1, 0.15) is 23.0 Å². The molecule has 0 amide bonds. The summed E-state index contributed by atoms with van der Waals surface area (Å²) < 4.78 is 13.5. The van der Waals surface area contributed by atoms with E-state index >= 15 is 0 Å². The van der Waals surface area contributed by atoms with Crippen LogP contribution in [-0.2, 0) is 0 Å². The molecule has 45 heavy (non-hydrogen) atoms. The highest BCUT2D eigenvalue weighted by atomic mass is 16.5. The molecule has 0 aliphatic carbocycles. The van der Waals surface area contributed by atoms with Crippen molar-refractivity contribution in [2.75, 3.05) is 4.90 Å². The first-order valence-electron chi connectivity index (χ1n) is 15.4. The van der Waals surface area contributed by atoms with Crippen LogP contribution in [0.5, 0.6) is 23.0 Å². The molecule has 0 bridgehead atoms. The number of allylic oxidation sites excluding steroid dienone is 2. The Hall–Kier alpha value is -5.48. The minimum atomic E-state index is 0.0295. The van der Waals surface area contributed by atoms with E-state index in [0.29, 0.717) is 0 Å². The third-order valence-electron chi connectivity index (χ3n) is 8.96. The van der Waals surface area contributed by atoms with Gasteiger partial charge in [0, 0.05) is 29.0 Å². The Morgan fingerprint density at radius 2 is 1.22 bits per heavy atom. The maximum Gasteiger partial charge on any atom is 0.260 e. The summed E-state index contributed by atoms with van der Waals surface area (Å²) >= 11 is 0. The maximum atomic E-state index is 6.74. The molecule has 8 rings (SSSR count). The van der Waals surface area contributed by atoms with Gasteiger partial charge >= 0.3 is 0 Å². The number of anilines is 3. The van der Waals surface area contributed by atoms with Crippen molar-refractivity contribution in [1.82, 2.24) is 0 Å². The van der Waals surface area contributed by atoms with Crippen molar-refractivity contribution < 1.29 is 9.47 Å². The van der Waals surface area contributed by atoms with E-state index in [1.165, 1.54) is 38.4 Å². The maximum absolute atomic E-state index is 6.74. The Kier molecular flexibility index (Phi) is 6.39. The fourth-order valence-electron chi connectivity index (χ4n) is 6.70. The zero-order chi connectivity index (χ0) is 30.7. The molecule has 0 spiro atoms. The van der Waals surface area contributed by atoms with E-state index in [0.717, 1.165) is 51.1 Å². The van der Waals surface area contributed by atoms with Crippen molar-refractivity contribution in [2.24, 2.45) is 0 Å². The summed E-state index contributed by atoms with van der Waals surface area (Å²) in [6.45, 7) is 10.3. The molecule has 0 aromatic heterocycles. The molecule has 216 valence electrons. The van der Waals surface area contributed by atoms with E-state index in [1.807, 2.05) is 12.2 Å². The van der Waals surface area contributed by atoms with Crippen molar-refractivity contribution in [3.63, 3.8) is 0 Å². The lowest BCUT2D eigenvalue weighted by Gasteiger charge is -2.35. The lowest BCUT2D eigenvalue weighted by atomic mass is 9.35. The van der Waals surface area contributed by atoms with Crippen LogP contribution >= 0.6 is 0 Å². The van der Waals surface area contributed by atoms with Gasteiger partial charge in [-0.25, -0.2) is 0 Å². The molecule has 2 heterocycles. The molecule has 0 saturated carbocycles. The fraction of sp³-hybridized carbons (Fsp3) is 0.0732. The number of ether oxygens (including phenoxy) is 2. The average Bonchev–Trinajstić information content (AvgIpc) is 3.04. The van der Waals surface area contributed by atoms with Gasteiger partial charge in [-0.3, -0.25) is 0 Å². The van der Waals surface area contributed by atoms with Crippen LogP contribution in [0.2, 0.25) is 0 Å². The lowest BCUT2D eigenvalue weighted by molar-refractivity contribution is 0.464. The summed E-state index contributed by atoms with van der Waals surface area (Å²) in [5.74, 6) is 3.44.